The molecule has 0 fully saturated rings. The topological polar surface area (TPSA) is 64.4 Å². The monoisotopic (exact) mass is 295 g/mol. The van der Waals surface area contributed by atoms with E-state index in [1.54, 1.807) is 21.1 Å². The first-order valence-electron chi connectivity index (χ1n) is 5.46. The highest BCUT2D eigenvalue weighted by Gasteiger charge is 2.28. The minimum Gasteiger partial charge on any atom is -0.385 e. The van der Waals surface area contributed by atoms with Crippen molar-refractivity contribution in [2.45, 2.75) is 18.2 Å². The highest BCUT2D eigenvalue weighted by Crippen LogP contribution is 2.26. The summed E-state index contributed by atoms with van der Waals surface area (Å²) in [7, 11) is 1.11. The Bertz CT molecular complexity index is 513. The van der Waals surface area contributed by atoms with Gasteiger partial charge in [-0.3, -0.25) is 4.68 Å². The van der Waals surface area contributed by atoms with Crippen LogP contribution in [-0.2, 0) is 21.8 Å². The molecule has 0 aliphatic carbocycles. The Kier molecular flexibility index (Phi) is 5.15. The second-order valence-electron chi connectivity index (χ2n) is 4.00. The molecule has 0 N–H and O–H groups in total. The minimum atomic E-state index is -3.60. The Morgan fingerprint density at radius 3 is 2.56 bits per heavy atom. The summed E-state index contributed by atoms with van der Waals surface area (Å²) in [5, 5.41) is 4.14. The molecule has 0 unspecified atom stereocenters. The van der Waals surface area contributed by atoms with Crippen molar-refractivity contribution in [2.24, 2.45) is 7.05 Å². The molecule has 8 heteroatoms. The van der Waals surface area contributed by atoms with E-state index in [0.717, 1.165) is 0 Å². The molecule has 0 radical (unpaired) electrons. The zero-order valence-electron chi connectivity index (χ0n) is 11.0. The van der Waals surface area contributed by atoms with Crippen molar-refractivity contribution < 1.29 is 13.2 Å². The van der Waals surface area contributed by atoms with Crippen LogP contribution in [0.5, 0.6) is 0 Å². The van der Waals surface area contributed by atoms with Crippen LogP contribution in [-0.4, -0.2) is 49.8 Å². The van der Waals surface area contributed by atoms with Gasteiger partial charge in [-0.1, -0.05) is 11.6 Å². The quantitative estimate of drug-likeness (QED) is 0.736. The van der Waals surface area contributed by atoms with Crippen LogP contribution in [0.4, 0.5) is 0 Å². The Morgan fingerprint density at radius 2 is 2.11 bits per heavy atom. The van der Waals surface area contributed by atoms with Gasteiger partial charge in [0, 0.05) is 34.4 Å². The summed E-state index contributed by atoms with van der Waals surface area (Å²) in [5.41, 5.74) is 0.404. The van der Waals surface area contributed by atoms with Gasteiger partial charge >= 0.3 is 0 Å². The average Bonchev–Trinajstić information content (AvgIpc) is 2.53. The van der Waals surface area contributed by atoms with Crippen LogP contribution < -0.4 is 0 Å². The number of ether oxygens (including phenoxy) is 1. The van der Waals surface area contributed by atoms with Crippen molar-refractivity contribution in [3.8, 4) is 0 Å². The normalized spacial score (nSPS) is 12.3. The lowest BCUT2D eigenvalue weighted by atomic mass is 10.5. The summed E-state index contributed by atoms with van der Waals surface area (Å²) >= 11 is 5.97. The van der Waals surface area contributed by atoms with E-state index in [9.17, 15) is 8.42 Å². The third-order valence-corrected chi connectivity index (χ3v) is 5.14. The number of rotatable bonds is 6. The van der Waals surface area contributed by atoms with E-state index in [2.05, 4.69) is 5.10 Å². The Morgan fingerprint density at radius 1 is 1.50 bits per heavy atom. The number of sulfonamides is 1. The molecule has 0 atom stereocenters. The van der Waals surface area contributed by atoms with Crippen LogP contribution in [0.25, 0.3) is 0 Å². The fraction of sp³-hybridized carbons (Fsp3) is 0.700. The molecule has 104 valence electrons. The van der Waals surface area contributed by atoms with Crippen molar-refractivity contribution in [3.05, 3.63) is 10.8 Å². The zero-order valence-corrected chi connectivity index (χ0v) is 12.5. The average molecular weight is 296 g/mol. The van der Waals surface area contributed by atoms with E-state index >= 15 is 0 Å². The highest BCUT2D eigenvalue weighted by atomic mass is 35.5. The summed E-state index contributed by atoms with van der Waals surface area (Å²) in [6.07, 6.45) is 0.628. The summed E-state index contributed by atoms with van der Waals surface area (Å²) in [6.45, 7) is 2.52. The van der Waals surface area contributed by atoms with Gasteiger partial charge in [0.15, 0.2) is 0 Å². The van der Waals surface area contributed by atoms with Gasteiger partial charge in [-0.15, -0.1) is 0 Å². The molecule has 0 saturated carbocycles. The van der Waals surface area contributed by atoms with E-state index in [1.807, 2.05) is 0 Å². The maximum atomic E-state index is 12.3. The van der Waals surface area contributed by atoms with Gasteiger partial charge in [0.2, 0.25) is 10.0 Å². The first kappa shape index (κ1) is 15.4. The molecular weight excluding hydrogens is 278 g/mol. The standard InChI is InChI=1S/C10H18ClN3O3S/c1-8-9(10(11)14(3)12-8)18(15,16)13(2)6-5-7-17-4/h5-7H2,1-4H3. The van der Waals surface area contributed by atoms with Crippen LogP contribution in [0, 0.1) is 6.92 Å². The summed E-state index contributed by atoms with van der Waals surface area (Å²) < 4.78 is 32.2. The highest BCUT2D eigenvalue weighted by molar-refractivity contribution is 7.89. The summed E-state index contributed by atoms with van der Waals surface area (Å²) in [6, 6.07) is 0. The number of nitrogens with zero attached hydrogens (tertiary/aromatic N) is 3. The zero-order chi connectivity index (χ0) is 13.9. The van der Waals surface area contributed by atoms with E-state index < -0.39 is 10.0 Å². The second-order valence-corrected chi connectivity index (χ2v) is 6.34. The first-order valence-corrected chi connectivity index (χ1v) is 7.28. The van der Waals surface area contributed by atoms with E-state index in [-0.39, 0.29) is 10.0 Å². The molecule has 6 nitrogen and oxygen atoms in total. The molecule has 0 aliphatic heterocycles. The Hall–Kier alpha value is -0.630. The third kappa shape index (κ3) is 3.03. The minimum absolute atomic E-state index is 0.0755. The predicted molar refractivity (Wildman–Crippen MR) is 69.3 cm³/mol. The fourth-order valence-electron chi connectivity index (χ4n) is 1.61. The van der Waals surface area contributed by atoms with Crippen molar-refractivity contribution in [3.63, 3.8) is 0 Å². The summed E-state index contributed by atoms with van der Waals surface area (Å²) in [5.74, 6) is 0. The van der Waals surface area contributed by atoms with Gasteiger partial charge in [0.1, 0.15) is 10.0 Å². The number of aromatic nitrogens is 2. The molecule has 1 aromatic rings. The maximum Gasteiger partial charge on any atom is 0.247 e. The van der Waals surface area contributed by atoms with Gasteiger partial charge in [0.05, 0.1) is 5.69 Å². The molecule has 0 spiro atoms. The van der Waals surface area contributed by atoms with E-state index in [0.29, 0.717) is 25.3 Å². The number of aryl methyl sites for hydroxylation is 2. The van der Waals surface area contributed by atoms with Crippen LogP contribution in [0.2, 0.25) is 5.15 Å². The molecule has 18 heavy (non-hydrogen) atoms. The number of halogens is 1. The SMILES string of the molecule is COCCCN(C)S(=O)(=O)c1c(C)nn(C)c1Cl. The van der Waals surface area contributed by atoms with Crippen LogP contribution in [0.15, 0.2) is 4.90 Å². The molecule has 0 aliphatic rings. The van der Waals surface area contributed by atoms with E-state index in [4.69, 9.17) is 16.3 Å². The smallest absolute Gasteiger partial charge is 0.247 e. The Labute approximate surface area is 113 Å². The lowest BCUT2D eigenvalue weighted by Gasteiger charge is -2.16. The Balaban J connectivity index is 2.99. The lowest BCUT2D eigenvalue weighted by Crippen LogP contribution is -2.29. The second kappa shape index (κ2) is 6.01. The lowest BCUT2D eigenvalue weighted by molar-refractivity contribution is 0.189. The molecule has 0 saturated heterocycles. The maximum absolute atomic E-state index is 12.3. The van der Waals surface area contributed by atoms with Crippen molar-refractivity contribution in [1.29, 1.82) is 0 Å². The molecular formula is C10H18ClN3O3S. The largest absolute Gasteiger partial charge is 0.385 e. The van der Waals surface area contributed by atoms with Gasteiger partial charge in [-0.05, 0) is 13.3 Å². The molecule has 1 heterocycles. The number of hydrogen-bond acceptors (Lipinski definition) is 4. The van der Waals surface area contributed by atoms with Crippen molar-refractivity contribution >= 4 is 21.6 Å². The predicted octanol–water partition coefficient (Wildman–Crippen LogP) is 1.04. The fourth-order valence-corrected chi connectivity index (χ4v) is 3.52. The number of methoxy groups -OCH3 is 1. The van der Waals surface area contributed by atoms with Gasteiger partial charge in [-0.25, -0.2) is 12.7 Å². The van der Waals surface area contributed by atoms with E-state index in [1.165, 1.54) is 16.0 Å². The summed E-state index contributed by atoms with van der Waals surface area (Å²) in [4.78, 5) is 0.0755. The third-order valence-electron chi connectivity index (χ3n) is 2.59. The van der Waals surface area contributed by atoms with Gasteiger partial charge < -0.3 is 4.74 Å². The molecule has 0 bridgehead atoms. The molecule has 1 rings (SSSR count). The van der Waals surface area contributed by atoms with Crippen LogP contribution in [0.1, 0.15) is 12.1 Å². The first-order chi connectivity index (χ1) is 8.32. The van der Waals surface area contributed by atoms with Gasteiger partial charge in [0.25, 0.3) is 0 Å². The number of hydrogen-bond donors (Lipinski definition) is 0. The molecule has 0 aromatic carbocycles. The van der Waals surface area contributed by atoms with Crippen LogP contribution in [0.3, 0.4) is 0 Å². The van der Waals surface area contributed by atoms with Crippen molar-refractivity contribution in [1.82, 2.24) is 14.1 Å². The van der Waals surface area contributed by atoms with Crippen LogP contribution >= 0.6 is 11.6 Å². The molecule has 0 amide bonds. The molecule has 1 aromatic heterocycles. The van der Waals surface area contributed by atoms with Gasteiger partial charge in [-0.2, -0.15) is 5.10 Å². The van der Waals surface area contributed by atoms with Crippen molar-refractivity contribution in [2.75, 3.05) is 27.3 Å².